The van der Waals surface area contributed by atoms with Gasteiger partial charge < -0.3 is 21.5 Å². The Hall–Kier alpha value is -2.69. The third-order valence-corrected chi connectivity index (χ3v) is 2.96. The minimum atomic E-state index is -0.496. The third kappa shape index (κ3) is 2.83. The van der Waals surface area contributed by atoms with E-state index in [0.717, 1.165) is 11.3 Å². The summed E-state index contributed by atoms with van der Waals surface area (Å²) in [5.74, 6) is 0.198. The second-order valence-electron chi connectivity index (χ2n) is 4.50. The van der Waals surface area contributed by atoms with Crippen LogP contribution in [0.3, 0.4) is 0 Å². The summed E-state index contributed by atoms with van der Waals surface area (Å²) in [6.07, 6.45) is 0. The van der Waals surface area contributed by atoms with E-state index in [-0.39, 0.29) is 0 Å². The highest BCUT2D eigenvalue weighted by atomic mass is 16.5. The van der Waals surface area contributed by atoms with Gasteiger partial charge in [0.05, 0.1) is 24.2 Å². The molecule has 5 nitrogen and oxygen atoms in total. The van der Waals surface area contributed by atoms with Crippen molar-refractivity contribution >= 4 is 23.0 Å². The smallest absolute Gasteiger partial charge is 0.248 e. The highest BCUT2D eigenvalue weighted by Gasteiger charge is 2.08. The van der Waals surface area contributed by atoms with E-state index in [2.05, 4.69) is 5.32 Å². The molecular formula is C15H17N3O2. The van der Waals surface area contributed by atoms with Gasteiger partial charge in [0.1, 0.15) is 5.75 Å². The van der Waals surface area contributed by atoms with E-state index in [1.807, 2.05) is 25.1 Å². The van der Waals surface area contributed by atoms with Gasteiger partial charge in [-0.2, -0.15) is 0 Å². The first kappa shape index (κ1) is 13.7. The Labute approximate surface area is 117 Å². The monoisotopic (exact) mass is 271 g/mol. The van der Waals surface area contributed by atoms with Crippen molar-refractivity contribution in [2.75, 3.05) is 18.2 Å². The third-order valence-electron chi connectivity index (χ3n) is 2.96. The maximum Gasteiger partial charge on any atom is 0.248 e. The van der Waals surface area contributed by atoms with Gasteiger partial charge in [0.2, 0.25) is 5.91 Å². The molecule has 0 aliphatic rings. The number of nitrogens with one attached hydrogen (secondary N) is 1. The number of rotatable bonds is 4. The standard InChI is InChI=1S/C15H17N3O2/c1-9-3-6-14(20-2)13(7-9)18-12-8-10(15(17)19)4-5-11(12)16/h3-8,18H,16H2,1-2H3,(H2,17,19). The van der Waals surface area contributed by atoms with Crippen molar-refractivity contribution in [2.45, 2.75) is 6.92 Å². The Morgan fingerprint density at radius 1 is 1.15 bits per heavy atom. The zero-order valence-electron chi connectivity index (χ0n) is 11.4. The number of nitrogens with two attached hydrogens (primary N) is 2. The molecule has 104 valence electrons. The number of methoxy groups -OCH3 is 1. The van der Waals surface area contributed by atoms with Crippen molar-refractivity contribution in [3.8, 4) is 5.75 Å². The summed E-state index contributed by atoms with van der Waals surface area (Å²) >= 11 is 0. The van der Waals surface area contributed by atoms with Crippen molar-refractivity contribution in [3.63, 3.8) is 0 Å². The van der Waals surface area contributed by atoms with Gasteiger partial charge in [0.15, 0.2) is 0 Å². The van der Waals surface area contributed by atoms with Crippen LogP contribution >= 0.6 is 0 Å². The number of nitrogen functional groups attached to an aromatic ring is 1. The molecule has 0 spiro atoms. The molecule has 0 atom stereocenters. The lowest BCUT2D eigenvalue weighted by molar-refractivity contribution is 0.100. The van der Waals surface area contributed by atoms with Crippen LogP contribution in [-0.2, 0) is 0 Å². The molecule has 1 amide bonds. The molecular weight excluding hydrogens is 254 g/mol. The summed E-state index contributed by atoms with van der Waals surface area (Å²) in [6.45, 7) is 1.98. The first-order valence-corrected chi connectivity index (χ1v) is 6.12. The molecule has 0 aliphatic heterocycles. The number of hydrogen-bond donors (Lipinski definition) is 3. The summed E-state index contributed by atoms with van der Waals surface area (Å²) in [4.78, 5) is 11.2. The second-order valence-corrected chi connectivity index (χ2v) is 4.50. The van der Waals surface area contributed by atoms with Crippen molar-refractivity contribution in [1.82, 2.24) is 0 Å². The molecule has 0 radical (unpaired) electrons. The Balaban J connectivity index is 2.41. The summed E-state index contributed by atoms with van der Waals surface area (Å²) in [5.41, 5.74) is 14.6. The van der Waals surface area contributed by atoms with Gasteiger partial charge in [0.25, 0.3) is 0 Å². The summed E-state index contributed by atoms with van der Waals surface area (Å²) in [7, 11) is 1.60. The van der Waals surface area contributed by atoms with Crippen LogP contribution in [0.4, 0.5) is 17.1 Å². The van der Waals surface area contributed by atoms with Crippen molar-refractivity contribution in [2.24, 2.45) is 5.73 Å². The molecule has 5 heteroatoms. The molecule has 0 fully saturated rings. The number of hydrogen-bond acceptors (Lipinski definition) is 4. The number of benzene rings is 2. The van der Waals surface area contributed by atoms with E-state index < -0.39 is 5.91 Å². The van der Waals surface area contributed by atoms with Gasteiger partial charge in [-0.15, -0.1) is 0 Å². The number of primary amides is 1. The van der Waals surface area contributed by atoms with Gasteiger partial charge in [-0.05, 0) is 42.8 Å². The van der Waals surface area contributed by atoms with E-state index in [4.69, 9.17) is 16.2 Å². The molecule has 0 saturated heterocycles. The molecule has 20 heavy (non-hydrogen) atoms. The molecule has 0 bridgehead atoms. The van der Waals surface area contributed by atoms with Crippen LogP contribution in [0.15, 0.2) is 36.4 Å². The molecule has 2 aromatic rings. The van der Waals surface area contributed by atoms with Crippen molar-refractivity contribution < 1.29 is 9.53 Å². The van der Waals surface area contributed by atoms with Gasteiger partial charge in [-0.25, -0.2) is 0 Å². The second kappa shape index (κ2) is 5.52. The summed E-state index contributed by atoms with van der Waals surface area (Å²) in [6, 6.07) is 10.6. The van der Waals surface area contributed by atoms with Crippen LogP contribution in [0.25, 0.3) is 0 Å². The van der Waals surface area contributed by atoms with E-state index in [1.165, 1.54) is 0 Å². The zero-order chi connectivity index (χ0) is 14.7. The first-order chi connectivity index (χ1) is 9.51. The van der Waals surface area contributed by atoms with Gasteiger partial charge >= 0.3 is 0 Å². The predicted octanol–water partition coefficient (Wildman–Crippen LogP) is 2.43. The predicted molar refractivity (Wildman–Crippen MR) is 80.4 cm³/mol. The molecule has 5 N–H and O–H groups in total. The van der Waals surface area contributed by atoms with Crippen LogP contribution in [0, 0.1) is 6.92 Å². The van der Waals surface area contributed by atoms with Gasteiger partial charge in [0, 0.05) is 5.56 Å². The highest BCUT2D eigenvalue weighted by Crippen LogP contribution is 2.31. The molecule has 2 rings (SSSR count). The average Bonchev–Trinajstić information content (AvgIpc) is 2.41. The Morgan fingerprint density at radius 2 is 1.90 bits per heavy atom. The topological polar surface area (TPSA) is 90.4 Å². The number of carbonyl (C=O) groups is 1. The minimum Gasteiger partial charge on any atom is -0.495 e. The Bertz CT molecular complexity index is 654. The normalized spacial score (nSPS) is 10.1. The van der Waals surface area contributed by atoms with E-state index >= 15 is 0 Å². The van der Waals surface area contributed by atoms with Crippen LogP contribution in [0.5, 0.6) is 5.75 Å². The molecule has 0 aliphatic carbocycles. The maximum atomic E-state index is 11.2. The minimum absolute atomic E-state index is 0.397. The molecule has 0 unspecified atom stereocenters. The van der Waals surface area contributed by atoms with Crippen LogP contribution in [-0.4, -0.2) is 13.0 Å². The van der Waals surface area contributed by atoms with Crippen molar-refractivity contribution in [3.05, 3.63) is 47.5 Å². The van der Waals surface area contributed by atoms with E-state index in [0.29, 0.717) is 22.7 Å². The molecule has 2 aromatic carbocycles. The highest BCUT2D eigenvalue weighted by molar-refractivity contribution is 5.95. The summed E-state index contributed by atoms with van der Waals surface area (Å²) in [5, 5.41) is 3.17. The SMILES string of the molecule is COc1ccc(C)cc1Nc1cc(C(N)=O)ccc1N. The number of carbonyl (C=O) groups excluding carboxylic acids is 1. The zero-order valence-corrected chi connectivity index (χ0v) is 11.4. The van der Waals surface area contributed by atoms with Gasteiger partial charge in [-0.3, -0.25) is 4.79 Å². The molecule has 0 heterocycles. The van der Waals surface area contributed by atoms with Crippen LogP contribution in [0.1, 0.15) is 15.9 Å². The van der Waals surface area contributed by atoms with E-state index in [1.54, 1.807) is 25.3 Å². The number of amides is 1. The quantitative estimate of drug-likeness (QED) is 0.745. The first-order valence-electron chi connectivity index (χ1n) is 6.12. The van der Waals surface area contributed by atoms with Gasteiger partial charge in [-0.1, -0.05) is 6.07 Å². The van der Waals surface area contributed by atoms with Crippen LogP contribution < -0.4 is 21.5 Å². The fraction of sp³-hybridized carbons (Fsp3) is 0.133. The van der Waals surface area contributed by atoms with E-state index in [9.17, 15) is 4.79 Å². The number of aryl methyl sites for hydroxylation is 1. The van der Waals surface area contributed by atoms with Crippen LogP contribution in [0.2, 0.25) is 0 Å². The Morgan fingerprint density at radius 3 is 2.55 bits per heavy atom. The molecule has 0 saturated carbocycles. The number of anilines is 3. The lowest BCUT2D eigenvalue weighted by Crippen LogP contribution is -2.11. The fourth-order valence-corrected chi connectivity index (χ4v) is 1.88. The van der Waals surface area contributed by atoms with Crippen molar-refractivity contribution in [1.29, 1.82) is 0 Å². The largest absolute Gasteiger partial charge is 0.495 e. The lowest BCUT2D eigenvalue weighted by atomic mass is 10.1. The summed E-state index contributed by atoms with van der Waals surface area (Å²) < 4.78 is 5.30. The molecule has 0 aromatic heterocycles. The maximum absolute atomic E-state index is 11.2. The lowest BCUT2D eigenvalue weighted by Gasteiger charge is -2.14. The fourth-order valence-electron chi connectivity index (χ4n) is 1.88. The Kier molecular flexibility index (Phi) is 3.79. The number of ether oxygens (including phenoxy) is 1. The average molecular weight is 271 g/mol.